The van der Waals surface area contributed by atoms with Gasteiger partial charge in [0.2, 0.25) is 0 Å². The Bertz CT molecular complexity index is 1190. The van der Waals surface area contributed by atoms with Crippen LogP contribution in [0.25, 0.3) is 0 Å². The van der Waals surface area contributed by atoms with Gasteiger partial charge in [0.05, 0.1) is 10.7 Å². The lowest BCUT2D eigenvalue weighted by Crippen LogP contribution is -2.30. The molecule has 7 heteroatoms. The van der Waals surface area contributed by atoms with Crippen LogP contribution in [0.2, 0.25) is 5.02 Å². The number of allylic oxidation sites excluding steroid dienone is 4. The van der Waals surface area contributed by atoms with E-state index in [0.29, 0.717) is 47.1 Å². The highest BCUT2D eigenvalue weighted by atomic mass is 127. The highest BCUT2D eigenvalue weighted by molar-refractivity contribution is 14.1. The summed E-state index contributed by atoms with van der Waals surface area (Å²) in [4.78, 5) is 26.1. The van der Waals surface area contributed by atoms with Gasteiger partial charge in [-0.15, -0.1) is 0 Å². The van der Waals surface area contributed by atoms with Gasteiger partial charge in [-0.1, -0.05) is 23.7 Å². The van der Waals surface area contributed by atoms with Gasteiger partial charge in [0.25, 0.3) is 0 Å². The van der Waals surface area contributed by atoms with Gasteiger partial charge in [-0.25, -0.2) is 0 Å². The van der Waals surface area contributed by atoms with E-state index in [9.17, 15) is 9.59 Å². The summed E-state index contributed by atoms with van der Waals surface area (Å²) in [5.41, 5.74) is 3.11. The Morgan fingerprint density at radius 2 is 1.59 bits per heavy atom. The van der Waals surface area contributed by atoms with E-state index in [2.05, 4.69) is 22.6 Å². The van der Waals surface area contributed by atoms with Crippen molar-refractivity contribution < 1.29 is 23.8 Å². The van der Waals surface area contributed by atoms with Crippen LogP contribution in [0.5, 0.6) is 11.5 Å². The topological polar surface area (TPSA) is 61.8 Å². The van der Waals surface area contributed by atoms with Crippen LogP contribution in [0.1, 0.15) is 55.6 Å². The lowest BCUT2D eigenvalue weighted by atomic mass is 9.73. The first-order valence-electron chi connectivity index (χ1n) is 11.4. The highest BCUT2D eigenvalue weighted by Crippen LogP contribution is 2.49. The molecule has 2 aromatic carbocycles. The standard InChI is InChI=1S/C27H24ClIO5/c1-32-23-13-16(12-18(29)27(23)33-14-15-8-10-17(28)11-9-15)24-25-19(30)4-2-6-21(25)34-22-7-3-5-20(31)26(22)24/h8-13,24H,2-7,14H2,1H3. The van der Waals surface area contributed by atoms with Gasteiger partial charge in [0, 0.05) is 47.8 Å². The molecule has 0 spiro atoms. The lowest BCUT2D eigenvalue weighted by molar-refractivity contribution is -0.117. The van der Waals surface area contributed by atoms with E-state index < -0.39 is 5.92 Å². The van der Waals surface area contributed by atoms with Gasteiger partial charge in [-0.05, 0) is 70.8 Å². The summed E-state index contributed by atoms with van der Waals surface area (Å²) < 4.78 is 18.8. The SMILES string of the molecule is COc1cc(C2C3=C(CCCC3=O)OC3=C2C(=O)CCC3)cc(I)c1OCc1ccc(Cl)cc1. The van der Waals surface area contributed by atoms with Crippen molar-refractivity contribution in [3.63, 3.8) is 0 Å². The van der Waals surface area contributed by atoms with Gasteiger partial charge in [0.15, 0.2) is 23.1 Å². The van der Waals surface area contributed by atoms with Crippen LogP contribution in [0.15, 0.2) is 59.1 Å². The van der Waals surface area contributed by atoms with Crippen LogP contribution in [0, 0.1) is 3.57 Å². The molecule has 0 atom stereocenters. The molecule has 0 unspecified atom stereocenters. The van der Waals surface area contributed by atoms with Crippen LogP contribution in [0.3, 0.4) is 0 Å². The van der Waals surface area contributed by atoms with Gasteiger partial charge < -0.3 is 14.2 Å². The largest absolute Gasteiger partial charge is 0.493 e. The smallest absolute Gasteiger partial charge is 0.174 e. The molecule has 0 saturated heterocycles. The van der Waals surface area contributed by atoms with Crippen molar-refractivity contribution in [3.05, 3.63) is 78.8 Å². The fraction of sp³-hybridized carbons (Fsp3) is 0.333. The fourth-order valence-electron chi connectivity index (χ4n) is 4.93. The average Bonchev–Trinajstić information content (AvgIpc) is 2.83. The summed E-state index contributed by atoms with van der Waals surface area (Å²) in [5, 5.41) is 0.675. The minimum Gasteiger partial charge on any atom is -0.493 e. The van der Waals surface area contributed by atoms with Crippen LogP contribution >= 0.6 is 34.2 Å². The summed E-state index contributed by atoms with van der Waals surface area (Å²) in [7, 11) is 1.60. The van der Waals surface area contributed by atoms with Crippen molar-refractivity contribution in [3.8, 4) is 11.5 Å². The van der Waals surface area contributed by atoms with E-state index >= 15 is 0 Å². The molecular formula is C27H24ClIO5. The summed E-state index contributed by atoms with van der Waals surface area (Å²) in [5.74, 6) is 2.35. The number of halogens is 2. The number of ether oxygens (including phenoxy) is 3. The third-order valence-electron chi connectivity index (χ3n) is 6.52. The first-order valence-corrected chi connectivity index (χ1v) is 12.9. The molecule has 2 aromatic rings. The summed E-state index contributed by atoms with van der Waals surface area (Å²) in [6, 6.07) is 11.4. The average molecular weight is 591 g/mol. The molecule has 0 fully saturated rings. The van der Waals surface area contributed by atoms with Crippen molar-refractivity contribution in [2.45, 2.75) is 51.0 Å². The maximum absolute atomic E-state index is 13.0. The molecule has 0 amide bonds. The number of carbonyl (C=O) groups is 2. The van der Waals surface area contributed by atoms with Crippen LogP contribution in [-0.4, -0.2) is 18.7 Å². The number of hydrogen-bond acceptors (Lipinski definition) is 5. The molecule has 5 nitrogen and oxygen atoms in total. The van der Waals surface area contributed by atoms with Gasteiger partial charge in [0.1, 0.15) is 18.1 Å². The highest BCUT2D eigenvalue weighted by Gasteiger charge is 2.42. The first kappa shape index (κ1) is 23.4. The number of methoxy groups -OCH3 is 1. The Hall–Kier alpha value is -2.32. The maximum Gasteiger partial charge on any atom is 0.174 e. The minimum atomic E-state index is -0.424. The van der Waals surface area contributed by atoms with Crippen LogP contribution in [0.4, 0.5) is 0 Å². The van der Waals surface area contributed by atoms with E-state index in [-0.39, 0.29) is 11.6 Å². The molecule has 34 heavy (non-hydrogen) atoms. The normalized spacial score (nSPS) is 18.4. The Morgan fingerprint density at radius 1 is 0.971 bits per heavy atom. The monoisotopic (exact) mass is 590 g/mol. The van der Waals surface area contributed by atoms with Crippen LogP contribution in [-0.2, 0) is 20.9 Å². The van der Waals surface area contributed by atoms with Crippen molar-refractivity contribution in [2.75, 3.05) is 7.11 Å². The van der Waals surface area contributed by atoms with Crippen molar-refractivity contribution in [1.29, 1.82) is 0 Å². The first-order chi connectivity index (χ1) is 16.5. The predicted molar refractivity (Wildman–Crippen MR) is 137 cm³/mol. The third-order valence-corrected chi connectivity index (χ3v) is 7.58. The summed E-state index contributed by atoms with van der Waals surface area (Å²) in [6.07, 6.45) is 3.95. The number of rotatable bonds is 5. The van der Waals surface area contributed by atoms with E-state index in [0.717, 1.165) is 51.9 Å². The number of ketones is 2. The second-order valence-corrected chi connectivity index (χ2v) is 10.3. The Morgan fingerprint density at radius 3 is 2.18 bits per heavy atom. The Kier molecular flexibility index (Phi) is 6.71. The van der Waals surface area contributed by atoms with Crippen molar-refractivity contribution >= 4 is 45.8 Å². The zero-order chi connectivity index (χ0) is 23.8. The van der Waals surface area contributed by atoms with E-state index in [1.165, 1.54) is 0 Å². The molecule has 1 aliphatic heterocycles. The third kappa shape index (κ3) is 4.38. The van der Waals surface area contributed by atoms with E-state index in [1.807, 2.05) is 36.4 Å². The molecule has 1 heterocycles. The van der Waals surface area contributed by atoms with E-state index in [1.54, 1.807) is 7.11 Å². The van der Waals surface area contributed by atoms with E-state index in [4.69, 9.17) is 25.8 Å². The zero-order valence-electron chi connectivity index (χ0n) is 18.8. The minimum absolute atomic E-state index is 0.0632. The summed E-state index contributed by atoms with van der Waals surface area (Å²) >= 11 is 8.21. The van der Waals surface area contributed by atoms with Gasteiger partial charge in [-0.2, -0.15) is 0 Å². The second-order valence-electron chi connectivity index (χ2n) is 8.71. The van der Waals surface area contributed by atoms with Gasteiger partial charge in [-0.3, -0.25) is 9.59 Å². The molecular weight excluding hydrogens is 567 g/mol. The number of benzene rings is 2. The Labute approximate surface area is 217 Å². The fourth-order valence-corrected chi connectivity index (χ4v) is 5.84. The number of hydrogen-bond donors (Lipinski definition) is 0. The quantitative estimate of drug-likeness (QED) is 0.365. The second kappa shape index (κ2) is 9.74. The number of carbonyl (C=O) groups excluding carboxylic acids is 2. The van der Waals surface area contributed by atoms with Crippen molar-refractivity contribution in [1.82, 2.24) is 0 Å². The molecule has 3 aliphatic rings. The van der Waals surface area contributed by atoms with Gasteiger partial charge >= 0.3 is 0 Å². The molecule has 176 valence electrons. The van der Waals surface area contributed by atoms with Crippen LogP contribution < -0.4 is 9.47 Å². The molecule has 0 radical (unpaired) electrons. The molecule has 2 aliphatic carbocycles. The Balaban J connectivity index is 1.55. The molecule has 0 saturated carbocycles. The lowest BCUT2D eigenvalue weighted by Gasteiger charge is -2.36. The molecule has 5 rings (SSSR count). The summed E-state index contributed by atoms with van der Waals surface area (Å²) in [6.45, 7) is 0.363. The molecule has 0 aromatic heterocycles. The maximum atomic E-state index is 13.0. The number of Topliss-reactive ketones (excluding diaryl/α,β-unsaturated/α-hetero) is 2. The predicted octanol–water partition coefficient (Wildman–Crippen LogP) is 6.66. The molecule has 0 bridgehead atoms. The van der Waals surface area contributed by atoms with Crippen molar-refractivity contribution in [2.24, 2.45) is 0 Å². The molecule has 0 N–H and O–H groups in total. The zero-order valence-corrected chi connectivity index (χ0v) is 21.7.